The Hall–Kier alpha value is -4.64. The molecule has 0 saturated carbocycles. The number of carbonyl (C=O) groups is 1. The predicted octanol–water partition coefficient (Wildman–Crippen LogP) is 6.98. The fraction of sp³-hybridized carbons (Fsp3) is 0.294. The maximum atomic E-state index is 16.4. The minimum Gasteiger partial charge on any atom is -0.506 e. The summed E-state index contributed by atoms with van der Waals surface area (Å²) in [5.41, 5.74) is 0.755. The van der Waals surface area contributed by atoms with E-state index in [2.05, 4.69) is 10.3 Å². The lowest BCUT2D eigenvalue weighted by molar-refractivity contribution is 0.0974. The molecule has 0 aliphatic carbocycles. The van der Waals surface area contributed by atoms with Crippen LogP contribution in [-0.4, -0.2) is 30.2 Å². The summed E-state index contributed by atoms with van der Waals surface area (Å²) in [4.78, 5) is 19.8. The Morgan fingerprint density at radius 2 is 1.91 bits per heavy atom. The topological polar surface area (TPSA) is 122 Å². The highest BCUT2D eigenvalue weighted by Gasteiger charge is 2.49. The highest BCUT2D eigenvalue weighted by atomic mass is 32.2. The molecule has 3 aromatic carbocycles. The van der Waals surface area contributed by atoms with Crippen LogP contribution in [0.1, 0.15) is 66.0 Å². The molecular weight excluding hydrogens is 597 g/mol. The Bertz CT molecular complexity index is 1940. The van der Waals surface area contributed by atoms with Crippen LogP contribution in [0.15, 0.2) is 81.7 Å². The van der Waals surface area contributed by atoms with Crippen LogP contribution in [-0.2, 0) is 16.4 Å². The fourth-order valence-electron chi connectivity index (χ4n) is 6.13. The van der Waals surface area contributed by atoms with Crippen molar-refractivity contribution in [2.75, 3.05) is 16.0 Å². The number of rotatable bonds is 6. The van der Waals surface area contributed by atoms with E-state index in [1.807, 2.05) is 44.2 Å². The number of fused-ring (bicyclic) bond motifs is 1. The van der Waals surface area contributed by atoms with Gasteiger partial charge in [-0.1, -0.05) is 50.2 Å². The number of ether oxygens (including phenoxy) is 1. The normalized spacial score (nSPS) is 20.6. The third-order valence-electron chi connectivity index (χ3n) is 8.53. The zero-order chi connectivity index (χ0) is 32.1. The molecule has 9 nitrogen and oxygen atoms in total. The van der Waals surface area contributed by atoms with Crippen molar-refractivity contribution in [3.8, 4) is 11.5 Å². The Labute approximate surface area is 261 Å². The lowest BCUT2D eigenvalue weighted by Crippen LogP contribution is -2.42. The van der Waals surface area contributed by atoms with Gasteiger partial charge in [-0.3, -0.25) is 9.69 Å². The molecule has 1 aromatic heterocycles. The number of hydrogen-bond donors (Lipinski definition) is 2. The number of halogens is 1. The largest absolute Gasteiger partial charge is 0.506 e. The number of anilines is 2. The average Bonchev–Trinajstić information content (AvgIpc) is 3.25. The van der Waals surface area contributed by atoms with Crippen molar-refractivity contribution < 1.29 is 31.9 Å². The monoisotopic (exact) mass is 631 g/mol. The van der Waals surface area contributed by atoms with E-state index in [1.54, 1.807) is 32.0 Å². The summed E-state index contributed by atoms with van der Waals surface area (Å²) in [6.07, 6.45) is 0.858. The van der Waals surface area contributed by atoms with Crippen molar-refractivity contribution >= 4 is 27.1 Å². The summed E-state index contributed by atoms with van der Waals surface area (Å²) < 4.78 is 56.4. The van der Waals surface area contributed by atoms with Crippen molar-refractivity contribution in [3.63, 3.8) is 0 Å². The second-order valence-corrected chi connectivity index (χ2v) is 13.9. The standard InChI is InChI=1S/C34H34FN3O6S/c1-5-34(4)17-26-32(45(41,42)19-34)31(24-15-14-23(16-25(24)35)43-18-22-10-7-6-8-11-22)38(27-12-9-13-28(39)30(27)37-26)33(40)29-20(2)44-21(3)36-29/h6-16,31,37,39H,5,17-19H2,1-4H3. The first kappa shape index (κ1) is 30.4. The summed E-state index contributed by atoms with van der Waals surface area (Å²) in [5, 5.41) is 14.2. The molecule has 3 heterocycles. The number of phenolic OH excluding ortho intramolecular Hbond substituents is 1. The second kappa shape index (κ2) is 11.4. The third kappa shape index (κ3) is 5.56. The van der Waals surface area contributed by atoms with Crippen LogP contribution in [0.25, 0.3) is 0 Å². The highest BCUT2D eigenvalue weighted by Crippen LogP contribution is 2.52. The van der Waals surface area contributed by atoms with Crippen LogP contribution < -0.4 is 15.0 Å². The number of carbonyl (C=O) groups excluding carboxylic acids is 1. The first-order valence-electron chi connectivity index (χ1n) is 14.7. The molecule has 2 aliphatic rings. The Morgan fingerprint density at radius 1 is 1.16 bits per heavy atom. The Morgan fingerprint density at radius 3 is 2.58 bits per heavy atom. The molecule has 234 valence electrons. The summed E-state index contributed by atoms with van der Waals surface area (Å²) in [6.45, 7) is 7.17. The summed E-state index contributed by atoms with van der Waals surface area (Å²) in [7, 11) is -4.08. The first-order chi connectivity index (χ1) is 21.4. The molecule has 1 amide bonds. The van der Waals surface area contributed by atoms with E-state index < -0.39 is 33.0 Å². The molecule has 4 aromatic rings. The number of oxazole rings is 1. The lowest BCUT2D eigenvalue weighted by atomic mass is 9.83. The number of amides is 1. The highest BCUT2D eigenvalue weighted by molar-refractivity contribution is 7.95. The van der Waals surface area contributed by atoms with E-state index in [1.165, 1.54) is 23.1 Å². The van der Waals surface area contributed by atoms with Crippen LogP contribution in [0.2, 0.25) is 0 Å². The molecule has 0 radical (unpaired) electrons. The zero-order valence-electron chi connectivity index (χ0n) is 25.4. The SMILES string of the molecule is CCC1(C)CC2=C(C(c3ccc(OCc4ccccc4)cc3F)N(C(=O)c3nc(C)oc3C)c3cccc(O)c3N2)S(=O)(=O)C1. The molecule has 2 unspecified atom stereocenters. The van der Waals surface area contributed by atoms with E-state index in [9.17, 15) is 18.3 Å². The number of hydrogen-bond acceptors (Lipinski definition) is 8. The molecule has 45 heavy (non-hydrogen) atoms. The van der Waals surface area contributed by atoms with Gasteiger partial charge in [-0.05, 0) is 55.0 Å². The quantitative estimate of drug-likeness (QED) is 0.219. The molecular formula is C34H34FN3O6S. The van der Waals surface area contributed by atoms with Crippen LogP contribution in [0.4, 0.5) is 15.8 Å². The number of aryl methyl sites for hydroxylation is 2. The smallest absolute Gasteiger partial charge is 0.281 e. The molecule has 11 heteroatoms. The van der Waals surface area contributed by atoms with Gasteiger partial charge in [-0.25, -0.2) is 17.8 Å². The molecule has 2 N–H and O–H groups in total. The van der Waals surface area contributed by atoms with Gasteiger partial charge in [0.05, 0.1) is 16.3 Å². The van der Waals surface area contributed by atoms with Crippen LogP contribution in [0.3, 0.4) is 0 Å². The Kier molecular flexibility index (Phi) is 7.68. The van der Waals surface area contributed by atoms with Crippen LogP contribution >= 0.6 is 0 Å². The van der Waals surface area contributed by atoms with E-state index in [-0.39, 0.29) is 63.0 Å². The molecule has 0 spiro atoms. The van der Waals surface area contributed by atoms with Gasteiger partial charge in [0.15, 0.2) is 21.4 Å². The summed E-state index contributed by atoms with van der Waals surface area (Å²) in [5.74, 6) is -1.15. The van der Waals surface area contributed by atoms with Gasteiger partial charge in [-0.15, -0.1) is 0 Å². The van der Waals surface area contributed by atoms with Gasteiger partial charge in [0.2, 0.25) is 0 Å². The third-order valence-corrected chi connectivity index (χ3v) is 10.7. The number of sulfone groups is 1. The number of phenols is 1. The molecule has 2 aliphatic heterocycles. The number of aromatic nitrogens is 1. The van der Waals surface area contributed by atoms with Crippen molar-refractivity contribution in [1.82, 2.24) is 4.98 Å². The summed E-state index contributed by atoms with van der Waals surface area (Å²) in [6, 6.07) is 16.7. The number of para-hydroxylation sites is 1. The van der Waals surface area contributed by atoms with E-state index in [0.29, 0.717) is 18.5 Å². The zero-order valence-corrected chi connectivity index (χ0v) is 26.2. The maximum absolute atomic E-state index is 16.4. The fourth-order valence-corrected chi connectivity index (χ4v) is 8.58. The average molecular weight is 632 g/mol. The van der Waals surface area contributed by atoms with Crippen LogP contribution in [0.5, 0.6) is 11.5 Å². The van der Waals surface area contributed by atoms with Gasteiger partial charge < -0.3 is 19.6 Å². The summed E-state index contributed by atoms with van der Waals surface area (Å²) >= 11 is 0. The van der Waals surface area contributed by atoms with Crippen molar-refractivity contribution in [2.45, 2.75) is 53.2 Å². The minimum atomic E-state index is -4.08. The van der Waals surface area contributed by atoms with Gasteiger partial charge >= 0.3 is 0 Å². The van der Waals surface area contributed by atoms with Crippen molar-refractivity contribution in [3.05, 3.63) is 112 Å². The number of nitrogens with one attached hydrogen (secondary N) is 1. The van der Waals surface area contributed by atoms with Crippen LogP contribution in [0, 0.1) is 25.1 Å². The van der Waals surface area contributed by atoms with Gasteiger partial charge in [-0.2, -0.15) is 0 Å². The van der Waals surface area contributed by atoms with Gasteiger partial charge in [0, 0.05) is 24.3 Å². The number of allylic oxidation sites excluding steroid dienone is 1. The molecule has 2 atom stereocenters. The van der Waals surface area contributed by atoms with E-state index in [4.69, 9.17) is 9.15 Å². The van der Waals surface area contributed by atoms with E-state index >= 15 is 4.39 Å². The molecule has 0 fully saturated rings. The van der Waals surface area contributed by atoms with Gasteiger partial charge in [0.25, 0.3) is 5.91 Å². The number of aromatic hydroxyl groups is 1. The molecule has 0 saturated heterocycles. The molecule has 6 rings (SSSR count). The van der Waals surface area contributed by atoms with Gasteiger partial charge in [0.1, 0.15) is 41.4 Å². The van der Waals surface area contributed by atoms with Crippen molar-refractivity contribution in [2.24, 2.45) is 5.41 Å². The minimum absolute atomic E-state index is 0.0503. The predicted molar refractivity (Wildman–Crippen MR) is 168 cm³/mol. The maximum Gasteiger partial charge on any atom is 0.281 e. The Balaban J connectivity index is 1.57. The number of nitrogens with zero attached hydrogens (tertiary/aromatic N) is 2. The van der Waals surface area contributed by atoms with Crippen molar-refractivity contribution in [1.29, 1.82) is 0 Å². The lowest BCUT2D eigenvalue weighted by Gasteiger charge is -2.38. The van der Waals surface area contributed by atoms with E-state index in [0.717, 1.165) is 5.56 Å². The molecule has 0 bridgehead atoms. The first-order valence-corrected chi connectivity index (χ1v) is 16.3. The second-order valence-electron chi connectivity index (χ2n) is 11.9. The number of benzene rings is 3.